The number of rotatable bonds is 5. The SMILES string of the molecule is COCC1(NC(=O)C[C@H]2C(=O)N(C)C(=O)N2C)CCCC1. The van der Waals surface area contributed by atoms with Gasteiger partial charge in [0.05, 0.1) is 18.6 Å². The molecule has 1 atom stereocenters. The second kappa shape index (κ2) is 6.01. The van der Waals surface area contributed by atoms with Crippen molar-refractivity contribution in [3.05, 3.63) is 0 Å². The van der Waals surface area contributed by atoms with Crippen molar-refractivity contribution in [2.75, 3.05) is 27.8 Å². The Morgan fingerprint density at radius 1 is 1.33 bits per heavy atom. The van der Waals surface area contributed by atoms with Gasteiger partial charge in [-0.1, -0.05) is 12.8 Å². The molecule has 7 heteroatoms. The van der Waals surface area contributed by atoms with Gasteiger partial charge in [0, 0.05) is 21.2 Å². The predicted molar refractivity (Wildman–Crippen MR) is 75.6 cm³/mol. The van der Waals surface area contributed by atoms with Crippen LogP contribution in [0, 0.1) is 0 Å². The summed E-state index contributed by atoms with van der Waals surface area (Å²) in [5.74, 6) is -0.535. The summed E-state index contributed by atoms with van der Waals surface area (Å²) in [5, 5.41) is 3.02. The van der Waals surface area contributed by atoms with E-state index in [2.05, 4.69) is 5.32 Å². The van der Waals surface area contributed by atoms with Crippen molar-refractivity contribution in [3.63, 3.8) is 0 Å². The van der Waals surface area contributed by atoms with E-state index in [0.717, 1.165) is 30.6 Å². The van der Waals surface area contributed by atoms with Gasteiger partial charge in [-0.25, -0.2) is 4.79 Å². The Kier molecular flexibility index (Phi) is 4.51. The first kappa shape index (κ1) is 15.8. The van der Waals surface area contributed by atoms with Crippen LogP contribution >= 0.6 is 0 Å². The number of urea groups is 1. The van der Waals surface area contributed by atoms with Gasteiger partial charge in [0.2, 0.25) is 5.91 Å². The Labute approximate surface area is 124 Å². The largest absolute Gasteiger partial charge is 0.382 e. The van der Waals surface area contributed by atoms with Gasteiger partial charge in [-0.05, 0) is 12.8 Å². The van der Waals surface area contributed by atoms with Gasteiger partial charge >= 0.3 is 6.03 Å². The summed E-state index contributed by atoms with van der Waals surface area (Å²) >= 11 is 0. The topological polar surface area (TPSA) is 79.0 Å². The molecule has 21 heavy (non-hydrogen) atoms. The van der Waals surface area contributed by atoms with E-state index in [1.807, 2.05) is 0 Å². The van der Waals surface area contributed by atoms with Gasteiger partial charge < -0.3 is 15.0 Å². The van der Waals surface area contributed by atoms with Crippen LogP contribution in [0.4, 0.5) is 4.79 Å². The third-order valence-corrected chi connectivity index (χ3v) is 4.44. The Bertz CT molecular complexity index is 446. The lowest BCUT2D eigenvalue weighted by molar-refractivity contribution is -0.132. The molecule has 2 rings (SSSR count). The van der Waals surface area contributed by atoms with Gasteiger partial charge in [-0.3, -0.25) is 14.5 Å². The molecule has 1 N–H and O–H groups in total. The minimum atomic E-state index is -0.705. The predicted octanol–water partition coefficient (Wildman–Crippen LogP) is 0.344. The molecule has 0 aromatic carbocycles. The second-order valence-electron chi connectivity index (χ2n) is 5.98. The van der Waals surface area contributed by atoms with Crippen molar-refractivity contribution in [2.24, 2.45) is 0 Å². The van der Waals surface area contributed by atoms with Crippen LogP contribution < -0.4 is 5.32 Å². The van der Waals surface area contributed by atoms with Crippen LogP contribution in [0.2, 0.25) is 0 Å². The first-order chi connectivity index (χ1) is 9.90. The molecule has 2 aliphatic rings. The van der Waals surface area contributed by atoms with E-state index in [9.17, 15) is 14.4 Å². The standard InChI is InChI=1S/C14H23N3O4/c1-16-10(12(19)17(2)13(16)20)8-11(18)15-14(9-21-3)6-4-5-7-14/h10H,4-9H2,1-3H3,(H,15,18)/t10-/m0/s1. The minimum absolute atomic E-state index is 0.00310. The number of nitrogens with zero attached hydrogens (tertiary/aromatic N) is 2. The highest BCUT2D eigenvalue weighted by Gasteiger charge is 2.43. The average molecular weight is 297 g/mol. The van der Waals surface area contributed by atoms with Crippen molar-refractivity contribution in [1.29, 1.82) is 0 Å². The molecule has 0 unspecified atom stereocenters. The molecular weight excluding hydrogens is 274 g/mol. The van der Waals surface area contributed by atoms with Crippen LogP contribution in [0.25, 0.3) is 0 Å². The van der Waals surface area contributed by atoms with Crippen LogP contribution in [0.15, 0.2) is 0 Å². The van der Waals surface area contributed by atoms with Crippen molar-refractivity contribution in [3.8, 4) is 0 Å². The quantitative estimate of drug-likeness (QED) is 0.742. The van der Waals surface area contributed by atoms with Crippen LogP contribution in [0.3, 0.4) is 0 Å². The smallest absolute Gasteiger partial charge is 0.326 e. The van der Waals surface area contributed by atoms with Crippen molar-refractivity contribution < 1.29 is 19.1 Å². The van der Waals surface area contributed by atoms with Crippen molar-refractivity contribution in [1.82, 2.24) is 15.1 Å². The zero-order valence-electron chi connectivity index (χ0n) is 12.8. The molecule has 1 heterocycles. The summed E-state index contributed by atoms with van der Waals surface area (Å²) in [6.07, 6.45) is 3.90. The number of carbonyl (C=O) groups is 3. The van der Waals surface area contributed by atoms with E-state index < -0.39 is 6.04 Å². The minimum Gasteiger partial charge on any atom is -0.382 e. The lowest BCUT2D eigenvalue weighted by atomic mass is 9.98. The fourth-order valence-electron chi connectivity index (χ4n) is 3.23. The van der Waals surface area contributed by atoms with Gasteiger partial charge in [0.1, 0.15) is 6.04 Å². The van der Waals surface area contributed by atoms with Crippen molar-refractivity contribution >= 4 is 17.8 Å². The first-order valence-electron chi connectivity index (χ1n) is 7.24. The van der Waals surface area contributed by atoms with E-state index in [1.54, 1.807) is 14.2 Å². The number of carbonyl (C=O) groups excluding carboxylic acids is 3. The normalized spacial score (nSPS) is 24.8. The molecule has 1 saturated heterocycles. The molecule has 118 valence electrons. The van der Waals surface area contributed by atoms with Gasteiger partial charge in [-0.15, -0.1) is 0 Å². The molecule has 0 aromatic rings. The number of hydrogen-bond donors (Lipinski definition) is 1. The van der Waals surface area contributed by atoms with Crippen LogP contribution in [0.1, 0.15) is 32.1 Å². The number of imide groups is 1. The van der Waals surface area contributed by atoms with Crippen molar-refractivity contribution in [2.45, 2.75) is 43.7 Å². The van der Waals surface area contributed by atoms with E-state index in [1.165, 1.54) is 11.9 Å². The number of hydrogen-bond acceptors (Lipinski definition) is 4. The zero-order valence-corrected chi connectivity index (χ0v) is 12.8. The van der Waals surface area contributed by atoms with E-state index in [0.29, 0.717) is 6.61 Å². The average Bonchev–Trinajstić information content (AvgIpc) is 2.95. The molecule has 0 radical (unpaired) electrons. The Hall–Kier alpha value is -1.63. The number of ether oxygens (including phenoxy) is 1. The van der Waals surface area contributed by atoms with Gasteiger partial charge in [0.25, 0.3) is 5.91 Å². The van der Waals surface area contributed by atoms with E-state index in [4.69, 9.17) is 4.74 Å². The summed E-state index contributed by atoms with van der Waals surface area (Å²) in [6.45, 7) is 0.478. The summed E-state index contributed by atoms with van der Waals surface area (Å²) in [5.41, 5.74) is -0.317. The Morgan fingerprint density at radius 2 is 1.95 bits per heavy atom. The number of amides is 4. The fourth-order valence-corrected chi connectivity index (χ4v) is 3.23. The molecule has 0 spiro atoms. The summed E-state index contributed by atoms with van der Waals surface area (Å²) in [4.78, 5) is 38.3. The third-order valence-electron chi connectivity index (χ3n) is 4.44. The summed E-state index contributed by atoms with van der Waals surface area (Å²) in [7, 11) is 4.60. The first-order valence-corrected chi connectivity index (χ1v) is 7.24. The van der Waals surface area contributed by atoms with E-state index in [-0.39, 0.29) is 29.8 Å². The van der Waals surface area contributed by atoms with Gasteiger partial charge in [0.15, 0.2) is 0 Å². The highest BCUT2D eigenvalue weighted by molar-refractivity contribution is 6.05. The molecule has 2 fully saturated rings. The molecule has 1 aliphatic carbocycles. The van der Waals surface area contributed by atoms with Crippen LogP contribution in [-0.4, -0.2) is 67.0 Å². The lowest BCUT2D eigenvalue weighted by Gasteiger charge is -2.30. The lowest BCUT2D eigenvalue weighted by Crippen LogP contribution is -2.51. The number of likely N-dealkylation sites (N-methyl/N-ethyl adjacent to an activating group) is 2. The Morgan fingerprint density at radius 3 is 2.43 bits per heavy atom. The zero-order chi connectivity index (χ0) is 15.6. The highest BCUT2D eigenvalue weighted by Crippen LogP contribution is 2.30. The molecule has 0 bridgehead atoms. The molecule has 4 amide bonds. The maximum absolute atomic E-state index is 12.3. The monoisotopic (exact) mass is 297 g/mol. The Balaban J connectivity index is 1.98. The summed E-state index contributed by atoms with van der Waals surface area (Å²) < 4.78 is 5.22. The molecule has 0 aromatic heterocycles. The molecule has 7 nitrogen and oxygen atoms in total. The molecule has 1 saturated carbocycles. The van der Waals surface area contributed by atoms with E-state index >= 15 is 0 Å². The highest BCUT2D eigenvalue weighted by atomic mass is 16.5. The third kappa shape index (κ3) is 3.02. The van der Waals surface area contributed by atoms with Crippen LogP contribution in [-0.2, 0) is 14.3 Å². The fraction of sp³-hybridized carbons (Fsp3) is 0.786. The molecular formula is C14H23N3O4. The second-order valence-corrected chi connectivity index (χ2v) is 5.98. The maximum atomic E-state index is 12.3. The number of methoxy groups -OCH3 is 1. The molecule has 1 aliphatic heterocycles. The van der Waals surface area contributed by atoms with Gasteiger partial charge in [-0.2, -0.15) is 0 Å². The number of nitrogens with one attached hydrogen (secondary N) is 1. The van der Waals surface area contributed by atoms with Crippen LogP contribution in [0.5, 0.6) is 0 Å². The summed E-state index contributed by atoms with van der Waals surface area (Å²) in [6, 6.07) is -1.08. The maximum Gasteiger partial charge on any atom is 0.326 e.